The molecule has 8 nitrogen and oxygen atoms in total. The highest BCUT2D eigenvalue weighted by Gasteiger charge is 2.70. The van der Waals surface area contributed by atoms with E-state index in [9.17, 15) is 24.6 Å². The first-order chi connectivity index (χ1) is 16.5. The number of carboxylic acid groups (broad SMARTS) is 1. The van der Waals surface area contributed by atoms with Crippen LogP contribution in [0.4, 0.5) is 0 Å². The first-order valence-electron chi connectivity index (χ1n) is 13.2. The number of rotatable bonds is 5. The Labute approximate surface area is 206 Å². The second-order valence-electron chi connectivity index (χ2n) is 12.1. The number of carbonyl (C=O) groups is 3. The van der Waals surface area contributed by atoms with Crippen LogP contribution in [0.1, 0.15) is 78.1 Å². The van der Waals surface area contributed by atoms with Crippen LogP contribution in [-0.2, 0) is 23.9 Å². The van der Waals surface area contributed by atoms with Gasteiger partial charge in [0.05, 0.1) is 24.5 Å². The molecule has 0 saturated heterocycles. The van der Waals surface area contributed by atoms with Gasteiger partial charge in [-0.3, -0.25) is 9.59 Å². The summed E-state index contributed by atoms with van der Waals surface area (Å²) < 4.78 is 10.8. The van der Waals surface area contributed by atoms with Crippen molar-refractivity contribution in [2.24, 2.45) is 34.5 Å². The van der Waals surface area contributed by atoms with Gasteiger partial charge in [-0.15, -0.1) is 0 Å². The number of carbonyl (C=O) groups excluding carboxylic acids is 2. The van der Waals surface area contributed by atoms with Crippen molar-refractivity contribution in [2.75, 3.05) is 6.61 Å². The predicted octanol–water partition coefficient (Wildman–Crippen LogP) is 2.99. The van der Waals surface area contributed by atoms with Crippen molar-refractivity contribution in [2.45, 2.75) is 95.9 Å². The van der Waals surface area contributed by atoms with Gasteiger partial charge in [-0.05, 0) is 86.0 Å². The molecule has 0 aromatic heterocycles. The van der Waals surface area contributed by atoms with E-state index >= 15 is 0 Å². The van der Waals surface area contributed by atoms with Crippen LogP contribution >= 0.6 is 0 Å². The Bertz CT molecular complexity index is 943. The Kier molecular flexibility index (Phi) is 6.07. The fourth-order valence-electron chi connectivity index (χ4n) is 8.91. The van der Waals surface area contributed by atoms with E-state index < -0.39 is 29.1 Å². The third kappa shape index (κ3) is 3.74. The van der Waals surface area contributed by atoms with Crippen LogP contribution in [0.15, 0.2) is 11.6 Å². The molecular weight excluding hydrogens is 452 g/mol. The second-order valence-corrected chi connectivity index (χ2v) is 12.1. The van der Waals surface area contributed by atoms with E-state index in [0.717, 1.165) is 44.1 Å². The van der Waals surface area contributed by atoms with Crippen molar-refractivity contribution < 1.29 is 39.2 Å². The van der Waals surface area contributed by atoms with Crippen molar-refractivity contribution in [3.63, 3.8) is 0 Å². The lowest BCUT2D eigenvalue weighted by atomic mass is 9.42. The van der Waals surface area contributed by atoms with Crippen LogP contribution < -0.4 is 0 Å². The van der Waals surface area contributed by atoms with Crippen LogP contribution in [0.25, 0.3) is 0 Å². The van der Waals surface area contributed by atoms with Gasteiger partial charge in [-0.2, -0.15) is 0 Å². The Balaban J connectivity index is 1.33. The third-order valence-corrected chi connectivity index (χ3v) is 10.9. The minimum atomic E-state index is -1.00. The van der Waals surface area contributed by atoms with Gasteiger partial charge in [-0.25, -0.2) is 4.79 Å². The molecule has 0 aromatic carbocycles. The number of hydrogen-bond donors (Lipinski definition) is 3. The van der Waals surface area contributed by atoms with Gasteiger partial charge in [0.2, 0.25) is 0 Å². The van der Waals surface area contributed by atoms with Crippen molar-refractivity contribution in [3.8, 4) is 0 Å². The van der Waals surface area contributed by atoms with Gasteiger partial charge in [0.15, 0.2) is 0 Å². The molecule has 3 N–H and O–H groups in total. The topological polar surface area (TPSA) is 130 Å². The van der Waals surface area contributed by atoms with E-state index in [2.05, 4.69) is 6.92 Å². The molecule has 4 saturated carbocycles. The van der Waals surface area contributed by atoms with Crippen molar-refractivity contribution in [3.05, 3.63) is 11.6 Å². The fraction of sp³-hybridized carbons (Fsp3) is 0.815. The van der Waals surface area contributed by atoms with Crippen LogP contribution in [0.3, 0.4) is 0 Å². The molecule has 0 bridgehead atoms. The summed E-state index contributed by atoms with van der Waals surface area (Å²) in [5, 5.41) is 32.7. The zero-order valence-corrected chi connectivity index (χ0v) is 20.7. The quantitative estimate of drug-likeness (QED) is 0.502. The molecule has 0 radical (unpaired) electrons. The Morgan fingerprint density at radius 2 is 1.86 bits per heavy atom. The number of hydrogen-bond acceptors (Lipinski definition) is 7. The minimum absolute atomic E-state index is 0.0608. The molecular formula is C27H38O8. The number of aliphatic carboxylic acids is 1. The Hall–Kier alpha value is -1.93. The van der Waals surface area contributed by atoms with E-state index in [1.807, 2.05) is 6.92 Å². The van der Waals surface area contributed by atoms with Gasteiger partial charge in [-0.1, -0.05) is 13.8 Å². The number of carboxylic acids is 1. The molecule has 35 heavy (non-hydrogen) atoms. The highest BCUT2D eigenvalue weighted by molar-refractivity contribution is 5.85. The molecule has 4 fully saturated rings. The van der Waals surface area contributed by atoms with Gasteiger partial charge in [0, 0.05) is 11.5 Å². The maximum absolute atomic E-state index is 12.3. The zero-order chi connectivity index (χ0) is 25.2. The molecule has 5 aliphatic rings. The second kappa shape index (κ2) is 8.58. The molecule has 0 aromatic rings. The molecule has 9 atom stereocenters. The number of esters is 2. The summed E-state index contributed by atoms with van der Waals surface area (Å²) in [6, 6.07) is 0. The maximum atomic E-state index is 12.3. The van der Waals surface area contributed by atoms with Gasteiger partial charge < -0.3 is 24.8 Å². The summed E-state index contributed by atoms with van der Waals surface area (Å²) in [7, 11) is 0. The van der Waals surface area contributed by atoms with Gasteiger partial charge >= 0.3 is 17.9 Å². The van der Waals surface area contributed by atoms with E-state index in [0.29, 0.717) is 18.8 Å². The summed E-state index contributed by atoms with van der Waals surface area (Å²) >= 11 is 0. The Morgan fingerprint density at radius 3 is 2.54 bits per heavy atom. The molecule has 0 amide bonds. The lowest BCUT2D eigenvalue weighted by molar-refractivity contribution is -0.245. The fourth-order valence-corrected chi connectivity index (χ4v) is 8.91. The predicted molar refractivity (Wildman–Crippen MR) is 124 cm³/mol. The average molecular weight is 491 g/mol. The standard InChI is InChI=1S/C27H38O8/c1-25-9-7-17(35-23(31)6-5-22(29)30)12-16(25)3-4-19-20(25)13-21(28)26(2)18(8-10-27(19,26)33)15-11-24(32)34-14-15/h11,16-21,28,33H,3-10,12-14H2,1-2H3,(H,29,30)/t16-,17+,18-,19-,20+,21+,25+,26+,27+/m1/s1. The summed E-state index contributed by atoms with van der Waals surface area (Å²) in [4.78, 5) is 34.6. The lowest BCUT2D eigenvalue weighted by Crippen LogP contribution is -2.67. The van der Waals surface area contributed by atoms with Crippen LogP contribution in [0.2, 0.25) is 0 Å². The summed E-state index contributed by atoms with van der Waals surface area (Å²) in [5.74, 6) is -1.28. The molecule has 1 heterocycles. The number of ether oxygens (including phenoxy) is 2. The number of fused-ring (bicyclic) bond motifs is 5. The van der Waals surface area contributed by atoms with Crippen LogP contribution in [-0.4, -0.2) is 57.6 Å². The van der Waals surface area contributed by atoms with Crippen molar-refractivity contribution >= 4 is 17.9 Å². The average Bonchev–Trinajstić information content (AvgIpc) is 3.34. The highest BCUT2D eigenvalue weighted by Crippen LogP contribution is 2.70. The third-order valence-electron chi connectivity index (χ3n) is 10.9. The van der Waals surface area contributed by atoms with Crippen molar-refractivity contribution in [1.29, 1.82) is 0 Å². The number of cyclic esters (lactones) is 1. The summed E-state index contributed by atoms with van der Waals surface area (Å²) in [5.41, 5.74) is -0.875. The van der Waals surface area contributed by atoms with Crippen LogP contribution in [0, 0.1) is 34.5 Å². The van der Waals surface area contributed by atoms with E-state index in [1.54, 1.807) is 6.08 Å². The smallest absolute Gasteiger partial charge is 0.331 e. The van der Waals surface area contributed by atoms with Gasteiger partial charge in [0.1, 0.15) is 12.7 Å². The molecule has 8 heteroatoms. The maximum Gasteiger partial charge on any atom is 0.331 e. The van der Waals surface area contributed by atoms with E-state index in [1.165, 1.54) is 0 Å². The normalized spacial score (nSPS) is 46.6. The molecule has 5 rings (SSSR count). The molecule has 0 spiro atoms. The SMILES string of the molecule is C[C@]12CC[C@H](OC(=O)CCC(=O)O)C[C@H]1CC[C@@H]1[C@@H]2C[C@H](O)[C@]2(C)[C@@H](C3=CC(=O)OC3)CC[C@]12O. The molecule has 1 aliphatic heterocycles. The molecule has 194 valence electrons. The summed E-state index contributed by atoms with van der Waals surface area (Å²) in [6.45, 7) is 4.55. The largest absolute Gasteiger partial charge is 0.481 e. The van der Waals surface area contributed by atoms with Crippen molar-refractivity contribution in [1.82, 2.24) is 0 Å². The minimum Gasteiger partial charge on any atom is -0.481 e. The monoisotopic (exact) mass is 490 g/mol. The number of aliphatic hydroxyl groups is 2. The van der Waals surface area contributed by atoms with E-state index in [4.69, 9.17) is 14.6 Å². The highest BCUT2D eigenvalue weighted by atomic mass is 16.5. The van der Waals surface area contributed by atoms with Crippen LogP contribution in [0.5, 0.6) is 0 Å². The molecule has 4 aliphatic carbocycles. The van der Waals surface area contributed by atoms with Gasteiger partial charge in [0.25, 0.3) is 0 Å². The number of aliphatic hydroxyl groups excluding tert-OH is 1. The van der Waals surface area contributed by atoms with E-state index in [-0.39, 0.29) is 54.7 Å². The first-order valence-corrected chi connectivity index (χ1v) is 13.2. The zero-order valence-electron chi connectivity index (χ0n) is 20.7. The molecule has 0 unspecified atom stereocenters. The first kappa shape index (κ1) is 24.8. The Morgan fingerprint density at radius 1 is 1.09 bits per heavy atom. The lowest BCUT2D eigenvalue weighted by Gasteiger charge is -2.65. The summed E-state index contributed by atoms with van der Waals surface area (Å²) in [6.07, 6.45) is 6.45.